The third-order valence-electron chi connectivity index (χ3n) is 6.42. The number of likely N-dealkylation sites (tertiary alicyclic amines) is 1. The number of pyridine rings is 1. The van der Waals surface area contributed by atoms with Gasteiger partial charge in [0.25, 0.3) is 11.7 Å². The van der Waals surface area contributed by atoms with Crippen LogP contribution in [0.25, 0.3) is 5.76 Å². The van der Waals surface area contributed by atoms with Crippen molar-refractivity contribution in [2.75, 3.05) is 0 Å². The second-order valence-electron chi connectivity index (χ2n) is 9.14. The highest BCUT2D eigenvalue weighted by Gasteiger charge is 2.46. The number of ether oxygens (including phenoxy) is 1. The number of hydrogen-bond donors (Lipinski definition) is 1. The maximum Gasteiger partial charge on any atom is 0.295 e. The summed E-state index contributed by atoms with van der Waals surface area (Å²) in [5.41, 5.74) is 3.70. The summed E-state index contributed by atoms with van der Waals surface area (Å²) in [5, 5.41) is 11.3. The van der Waals surface area contributed by atoms with Crippen LogP contribution in [0.1, 0.15) is 33.9 Å². The summed E-state index contributed by atoms with van der Waals surface area (Å²) in [6.07, 6.45) is 3.22. The number of benzene rings is 3. The number of nitrogens with zero attached hydrogens (tertiary/aromatic N) is 2. The molecule has 0 aliphatic carbocycles. The Kier molecular flexibility index (Phi) is 7.00. The highest BCUT2D eigenvalue weighted by Crippen LogP contribution is 2.40. The lowest BCUT2D eigenvalue weighted by molar-refractivity contribution is -0.140. The van der Waals surface area contributed by atoms with Crippen LogP contribution < -0.4 is 4.74 Å². The Morgan fingerprint density at radius 3 is 2.39 bits per heavy atom. The van der Waals surface area contributed by atoms with E-state index in [-0.39, 0.29) is 17.9 Å². The van der Waals surface area contributed by atoms with Crippen LogP contribution in [0.5, 0.6) is 5.75 Å². The van der Waals surface area contributed by atoms with Gasteiger partial charge in [0.05, 0.1) is 11.6 Å². The molecule has 1 atom stereocenters. The van der Waals surface area contributed by atoms with Gasteiger partial charge in [-0.25, -0.2) is 4.39 Å². The number of halogens is 1. The van der Waals surface area contributed by atoms with Crippen molar-refractivity contribution in [3.63, 3.8) is 0 Å². The summed E-state index contributed by atoms with van der Waals surface area (Å²) in [5.74, 6) is -1.71. The zero-order valence-corrected chi connectivity index (χ0v) is 20.7. The van der Waals surface area contributed by atoms with Crippen LogP contribution in [-0.2, 0) is 22.7 Å². The van der Waals surface area contributed by atoms with Crippen LogP contribution in [0.3, 0.4) is 0 Å². The number of carbonyl (C=O) groups excluding carboxylic acids is 2. The number of aliphatic hydroxyl groups excluding tert-OH is 1. The van der Waals surface area contributed by atoms with Crippen molar-refractivity contribution in [2.45, 2.75) is 26.1 Å². The summed E-state index contributed by atoms with van der Waals surface area (Å²) >= 11 is 0. The first-order chi connectivity index (χ1) is 18.4. The molecule has 6 nitrogen and oxygen atoms in total. The van der Waals surface area contributed by atoms with Crippen molar-refractivity contribution in [3.8, 4) is 5.75 Å². The molecule has 3 aromatic carbocycles. The van der Waals surface area contributed by atoms with Crippen molar-refractivity contribution in [1.82, 2.24) is 9.88 Å². The van der Waals surface area contributed by atoms with Gasteiger partial charge in [-0.1, -0.05) is 48.0 Å². The van der Waals surface area contributed by atoms with E-state index in [0.29, 0.717) is 23.5 Å². The SMILES string of the molecule is Cc1cccc(COc2ccc(C(O)=C3C(=O)C(=O)N(Cc4cccnc4)[C@H]3c3ccc(F)cc3)cc2)c1. The van der Waals surface area contributed by atoms with E-state index in [1.807, 2.05) is 31.2 Å². The lowest BCUT2D eigenvalue weighted by atomic mass is 9.95. The highest BCUT2D eigenvalue weighted by molar-refractivity contribution is 6.46. The molecule has 1 aliphatic rings. The molecule has 4 aromatic rings. The highest BCUT2D eigenvalue weighted by atomic mass is 19.1. The Labute approximate surface area is 219 Å². The first kappa shape index (κ1) is 24.9. The number of Topliss-reactive ketones (excluding diaryl/α,β-unsaturated/α-hetero) is 1. The summed E-state index contributed by atoms with van der Waals surface area (Å²) < 4.78 is 19.6. The minimum atomic E-state index is -0.895. The van der Waals surface area contributed by atoms with Gasteiger partial charge in [0, 0.05) is 24.5 Å². The quantitative estimate of drug-likeness (QED) is 0.196. The summed E-state index contributed by atoms with van der Waals surface area (Å²) in [6, 6.07) is 22.9. The van der Waals surface area contributed by atoms with Gasteiger partial charge < -0.3 is 14.7 Å². The van der Waals surface area contributed by atoms with Gasteiger partial charge in [-0.05, 0) is 66.1 Å². The second-order valence-corrected chi connectivity index (χ2v) is 9.14. The Balaban J connectivity index is 1.47. The number of ketones is 1. The maximum absolute atomic E-state index is 13.7. The van der Waals surface area contributed by atoms with E-state index in [1.54, 1.807) is 48.8 Å². The van der Waals surface area contributed by atoms with E-state index in [2.05, 4.69) is 4.98 Å². The topological polar surface area (TPSA) is 79.7 Å². The molecule has 0 radical (unpaired) electrons. The average Bonchev–Trinajstić information content (AvgIpc) is 3.18. The van der Waals surface area contributed by atoms with Crippen LogP contribution in [0, 0.1) is 12.7 Å². The molecular weight excluding hydrogens is 483 g/mol. The summed E-state index contributed by atoms with van der Waals surface area (Å²) in [7, 11) is 0. The molecule has 1 aromatic heterocycles. The molecule has 0 spiro atoms. The fourth-order valence-electron chi connectivity index (χ4n) is 4.56. The molecule has 1 N–H and O–H groups in total. The number of aromatic nitrogens is 1. The second kappa shape index (κ2) is 10.7. The summed E-state index contributed by atoms with van der Waals surface area (Å²) in [6.45, 7) is 2.50. The predicted octanol–water partition coefficient (Wildman–Crippen LogP) is 5.73. The zero-order chi connectivity index (χ0) is 26.6. The van der Waals surface area contributed by atoms with Gasteiger partial charge in [-0.3, -0.25) is 14.6 Å². The van der Waals surface area contributed by atoms with Crippen LogP contribution >= 0.6 is 0 Å². The molecule has 1 fully saturated rings. The molecular formula is C31H25FN2O4. The first-order valence-corrected chi connectivity index (χ1v) is 12.1. The molecule has 0 bridgehead atoms. The molecule has 190 valence electrons. The minimum Gasteiger partial charge on any atom is -0.507 e. The van der Waals surface area contributed by atoms with Crippen molar-refractivity contribution in [2.24, 2.45) is 0 Å². The average molecular weight is 509 g/mol. The van der Waals surface area contributed by atoms with Crippen molar-refractivity contribution in [1.29, 1.82) is 0 Å². The van der Waals surface area contributed by atoms with Gasteiger partial charge in [0.1, 0.15) is 23.9 Å². The van der Waals surface area contributed by atoms with E-state index in [9.17, 15) is 19.1 Å². The van der Waals surface area contributed by atoms with Crippen molar-refractivity contribution < 1.29 is 23.8 Å². The van der Waals surface area contributed by atoms with Crippen LogP contribution in [0.15, 0.2) is 103 Å². The number of hydrogen-bond acceptors (Lipinski definition) is 5. The molecule has 5 rings (SSSR count). The molecule has 2 heterocycles. The van der Waals surface area contributed by atoms with Crippen molar-refractivity contribution >= 4 is 17.4 Å². The fraction of sp³-hybridized carbons (Fsp3) is 0.129. The van der Waals surface area contributed by atoms with Gasteiger partial charge in [0.15, 0.2) is 0 Å². The normalized spacial score (nSPS) is 16.6. The third-order valence-corrected chi connectivity index (χ3v) is 6.42. The molecule has 0 saturated carbocycles. The minimum absolute atomic E-state index is 0.0565. The number of amides is 1. The lowest BCUT2D eigenvalue weighted by Gasteiger charge is -2.25. The van der Waals surface area contributed by atoms with Crippen LogP contribution in [-0.4, -0.2) is 26.7 Å². The Morgan fingerprint density at radius 2 is 1.71 bits per heavy atom. The molecule has 1 amide bonds. The van der Waals surface area contributed by atoms with Gasteiger partial charge in [0.2, 0.25) is 0 Å². The van der Waals surface area contributed by atoms with Gasteiger partial charge in [-0.15, -0.1) is 0 Å². The van der Waals surface area contributed by atoms with E-state index < -0.39 is 23.5 Å². The number of aryl methyl sites for hydroxylation is 1. The standard InChI is InChI=1S/C31H25FN2O4/c1-20-4-2-5-21(16-20)19-38-26-13-9-24(10-14-26)29(35)27-28(23-7-11-25(32)12-8-23)34(31(37)30(27)36)18-22-6-3-15-33-17-22/h2-17,28,35H,18-19H2,1H3/t28-/m0/s1. The van der Waals surface area contributed by atoms with E-state index in [0.717, 1.165) is 16.7 Å². The third kappa shape index (κ3) is 5.18. The monoisotopic (exact) mass is 508 g/mol. The lowest BCUT2D eigenvalue weighted by Crippen LogP contribution is -2.29. The van der Waals surface area contributed by atoms with Gasteiger partial charge >= 0.3 is 0 Å². The Morgan fingerprint density at radius 1 is 0.974 bits per heavy atom. The largest absolute Gasteiger partial charge is 0.507 e. The fourth-order valence-corrected chi connectivity index (χ4v) is 4.56. The first-order valence-electron chi connectivity index (χ1n) is 12.1. The van der Waals surface area contributed by atoms with E-state index >= 15 is 0 Å². The molecule has 0 unspecified atom stereocenters. The number of rotatable bonds is 7. The van der Waals surface area contributed by atoms with Crippen molar-refractivity contribution in [3.05, 3.63) is 137 Å². The maximum atomic E-state index is 13.7. The predicted molar refractivity (Wildman–Crippen MR) is 140 cm³/mol. The van der Waals surface area contributed by atoms with E-state index in [4.69, 9.17) is 4.74 Å². The Hall–Kier alpha value is -4.78. The summed E-state index contributed by atoms with van der Waals surface area (Å²) in [4.78, 5) is 31.8. The molecule has 1 aliphatic heterocycles. The van der Waals surface area contributed by atoms with Gasteiger partial charge in [-0.2, -0.15) is 0 Å². The molecule has 1 saturated heterocycles. The number of aliphatic hydroxyl groups is 1. The zero-order valence-electron chi connectivity index (χ0n) is 20.7. The number of carbonyl (C=O) groups is 2. The van der Waals surface area contributed by atoms with E-state index in [1.165, 1.54) is 29.2 Å². The smallest absolute Gasteiger partial charge is 0.295 e. The molecule has 7 heteroatoms. The molecule has 38 heavy (non-hydrogen) atoms. The Bertz CT molecular complexity index is 1500. The van der Waals surface area contributed by atoms with Crippen LogP contribution in [0.2, 0.25) is 0 Å². The van der Waals surface area contributed by atoms with Crippen LogP contribution in [0.4, 0.5) is 4.39 Å².